The number of carbonyl (C=O) groups excluding carboxylic acids is 1. The molecule has 0 saturated carbocycles. The number of sulfonamides is 1. The van der Waals surface area contributed by atoms with Gasteiger partial charge >= 0.3 is 0 Å². The van der Waals surface area contributed by atoms with E-state index in [9.17, 15) is 13.2 Å². The van der Waals surface area contributed by atoms with Gasteiger partial charge in [-0.3, -0.25) is 4.79 Å². The quantitative estimate of drug-likeness (QED) is 0.769. The Morgan fingerprint density at radius 3 is 2.61 bits per heavy atom. The number of benzene rings is 1. The van der Waals surface area contributed by atoms with E-state index in [-0.39, 0.29) is 16.2 Å². The highest BCUT2D eigenvalue weighted by molar-refractivity contribution is 7.89. The van der Waals surface area contributed by atoms with E-state index in [1.165, 1.54) is 12.5 Å². The minimum atomic E-state index is -3.62. The standard InChI is InChI=1S/C20H24N2O5S/c1-2-22-14-20(15-27-17-5-3-4-6-18(17)28(22,24)25)8-10-21(11-9-20)19(23)16-7-12-26-13-16/h3-7,12-13H,2,8-11,14-15H2,1H3. The van der Waals surface area contributed by atoms with Crippen LogP contribution in [0.4, 0.5) is 0 Å². The Morgan fingerprint density at radius 1 is 1.18 bits per heavy atom. The molecule has 2 aliphatic rings. The minimum absolute atomic E-state index is 0.0549. The zero-order chi connectivity index (χ0) is 19.8. The summed E-state index contributed by atoms with van der Waals surface area (Å²) in [6.45, 7) is 4.21. The van der Waals surface area contributed by atoms with E-state index in [1.54, 1.807) is 39.5 Å². The molecule has 4 rings (SSSR count). The molecule has 2 aliphatic heterocycles. The number of amides is 1. The summed E-state index contributed by atoms with van der Waals surface area (Å²) < 4.78 is 38.8. The van der Waals surface area contributed by atoms with Gasteiger partial charge in [0.25, 0.3) is 5.91 Å². The first kappa shape index (κ1) is 19.0. The van der Waals surface area contributed by atoms with Gasteiger partial charge in [-0.25, -0.2) is 8.42 Å². The Balaban J connectivity index is 1.57. The van der Waals surface area contributed by atoms with Gasteiger partial charge in [-0.2, -0.15) is 4.31 Å². The summed E-state index contributed by atoms with van der Waals surface area (Å²) in [5.41, 5.74) is 0.223. The summed E-state index contributed by atoms with van der Waals surface area (Å²) in [7, 11) is -3.62. The Hall–Kier alpha value is -2.32. The van der Waals surface area contributed by atoms with Gasteiger partial charge in [-0.1, -0.05) is 19.1 Å². The van der Waals surface area contributed by atoms with E-state index in [0.717, 1.165) is 0 Å². The van der Waals surface area contributed by atoms with Crippen LogP contribution in [0.25, 0.3) is 0 Å². The molecule has 0 unspecified atom stereocenters. The van der Waals surface area contributed by atoms with E-state index in [1.807, 2.05) is 6.92 Å². The van der Waals surface area contributed by atoms with E-state index in [0.29, 0.717) is 56.9 Å². The van der Waals surface area contributed by atoms with Crippen LogP contribution in [0, 0.1) is 5.41 Å². The average molecular weight is 404 g/mol. The fourth-order valence-electron chi connectivity index (χ4n) is 3.99. The fraction of sp³-hybridized carbons (Fsp3) is 0.450. The number of para-hydroxylation sites is 1. The van der Waals surface area contributed by atoms with Gasteiger partial charge < -0.3 is 14.1 Å². The van der Waals surface area contributed by atoms with Crippen molar-refractivity contribution in [3.8, 4) is 5.75 Å². The molecule has 28 heavy (non-hydrogen) atoms. The zero-order valence-electron chi connectivity index (χ0n) is 15.8. The Labute approximate surface area is 164 Å². The lowest BCUT2D eigenvalue weighted by Crippen LogP contribution is -2.52. The highest BCUT2D eigenvalue weighted by atomic mass is 32.2. The van der Waals surface area contributed by atoms with E-state index in [4.69, 9.17) is 9.15 Å². The SMILES string of the molecule is CCN1CC2(CCN(C(=O)c3ccoc3)CC2)COc2ccccc2S1(=O)=O. The number of hydrogen-bond donors (Lipinski definition) is 0. The van der Waals surface area contributed by atoms with Crippen LogP contribution in [0.1, 0.15) is 30.1 Å². The largest absolute Gasteiger partial charge is 0.492 e. The monoisotopic (exact) mass is 404 g/mol. The molecule has 7 nitrogen and oxygen atoms in total. The summed E-state index contributed by atoms with van der Waals surface area (Å²) >= 11 is 0. The molecule has 0 atom stereocenters. The van der Waals surface area contributed by atoms with Gasteiger partial charge in [0.05, 0.1) is 18.4 Å². The molecule has 1 aromatic heterocycles. The second-order valence-electron chi connectivity index (χ2n) is 7.47. The number of nitrogens with zero attached hydrogens (tertiary/aromatic N) is 2. The van der Waals surface area contributed by atoms with Crippen LogP contribution < -0.4 is 4.74 Å². The maximum Gasteiger partial charge on any atom is 0.257 e. The van der Waals surface area contributed by atoms with Crippen molar-refractivity contribution >= 4 is 15.9 Å². The molecule has 0 radical (unpaired) electrons. The van der Waals surface area contributed by atoms with E-state index < -0.39 is 10.0 Å². The Morgan fingerprint density at radius 2 is 1.93 bits per heavy atom. The van der Waals surface area contributed by atoms with E-state index >= 15 is 0 Å². The number of carbonyl (C=O) groups is 1. The number of likely N-dealkylation sites (tertiary alicyclic amines) is 1. The van der Waals surface area contributed by atoms with Crippen molar-refractivity contribution in [2.75, 3.05) is 32.8 Å². The molecule has 3 heterocycles. The van der Waals surface area contributed by atoms with Gasteiger partial charge in [-0.15, -0.1) is 0 Å². The van der Waals surface area contributed by atoms with Crippen LogP contribution in [-0.4, -0.2) is 56.3 Å². The molecule has 1 saturated heterocycles. The van der Waals surface area contributed by atoms with Crippen molar-refractivity contribution in [2.45, 2.75) is 24.7 Å². The molecule has 2 aromatic rings. The van der Waals surface area contributed by atoms with Gasteiger partial charge in [-0.05, 0) is 31.0 Å². The highest BCUT2D eigenvalue weighted by Crippen LogP contribution is 2.39. The van der Waals surface area contributed by atoms with Crippen LogP contribution in [0.2, 0.25) is 0 Å². The first-order chi connectivity index (χ1) is 13.5. The van der Waals surface area contributed by atoms with Crippen LogP contribution in [0.3, 0.4) is 0 Å². The number of hydrogen-bond acceptors (Lipinski definition) is 5. The van der Waals surface area contributed by atoms with Gasteiger partial charge in [0.15, 0.2) is 0 Å². The summed E-state index contributed by atoms with van der Waals surface area (Å²) in [6, 6.07) is 8.46. The van der Waals surface area contributed by atoms with Gasteiger partial charge in [0.2, 0.25) is 10.0 Å². The summed E-state index contributed by atoms with van der Waals surface area (Å²) in [5, 5.41) is 0. The van der Waals surface area contributed by atoms with Crippen molar-refractivity contribution in [3.63, 3.8) is 0 Å². The number of piperidine rings is 1. The maximum atomic E-state index is 13.1. The summed E-state index contributed by atoms with van der Waals surface area (Å²) in [6.07, 6.45) is 4.31. The smallest absolute Gasteiger partial charge is 0.257 e. The van der Waals surface area contributed by atoms with Crippen LogP contribution in [0.5, 0.6) is 5.75 Å². The number of rotatable bonds is 2. The molecule has 150 valence electrons. The normalized spacial score (nSPS) is 21.4. The van der Waals surface area contributed by atoms with Gasteiger partial charge in [0, 0.05) is 31.6 Å². The second-order valence-corrected chi connectivity index (χ2v) is 9.38. The second kappa shape index (κ2) is 7.25. The maximum absolute atomic E-state index is 13.1. The zero-order valence-corrected chi connectivity index (χ0v) is 16.7. The molecular formula is C20H24N2O5S. The molecule has 1 aromatic carbocycles. The first-order valence-corrected chi connectivity index (χ1v) is 10.9. The van der Waals surface area contributed by atoms with E-state index in [2.05, 4.69) is 0 Å². The topological polar surface area (TPSA) is 80.1 Å². The highest BCUT2D eigenvalue weighted by Gasteiger charge is 2.43. The molecular weight excluding hydrogens is 380 g/mol. The predicted molar refractivity (Wildman–Crippen MR) is 103 cm³/mol. The third-order valence-electron chi connectivity index (χ3n) is 5.74. The molecule has 1 fully saturated rings. The summed E-state index contributed by atoms with van der Waals surface area (Å²) in [4.78, 5) is 14.6. The number of furan rings is 1. The lowest BCUT2D eigenvalue weighted by Gasteiger charge is -2.44. The van der Waals surface area contributed by atoms with Crippen LogP contribution in [0.15, 0.2) is 52.2 Å². The number of ether oxygens (including phenoxy) is 1. The Bertz CT molecular complexity index is 947. The van der Waals surface area contributed by atoms with Crippen LogP contribution >= 0.6 is 0 Å². The van der Waals surface area contributed by atoms with Gasteiger partial charge in [0.1, 0.15) is 16.9 Å². The van der Waals surface area contributed by atoms with Crippen molar-refractivity contribution in [1.82, 2.24) is 9.21 Å². The number of fused-ring (bicyclic) bond motifs is 1. The molecule has 8 heteroatoms. The molecule has 0 aliphatic carbocycles. The minimum Gasteiger partial charge on any atom is -0.492 e. The molecule has 1 spiro atoms. The molecule has 0 bridgehead atoms. The molecule has 1 amide bonds. The van der Waals surface area contributed by atoms with Crippen molar-refractivity contribution in [2.24, 2.45) is 5.41 Å². The van der Waals surface area contributed by atoms with Crippen molar-refractivity contribution in [1.29, 1.82) is 0 Å². The van der Waals surface area contributed by atoms with Crippen molar-refractivity contribution < 1.29 is 22.4 Å². The van der Waals surface area contributed by atoms with Crippen LogP contribution in [-0.2, 0) is 10.0 Å². The first-order valence-electron chi connectivity index (χ1n) is 9.49. The lowest BCUT2D eigenvalue weighted by atomic mass is 9.78. The Kier molecular flexibility index (Phi) is 4.93. The lowest BCUT2D eigenvalue weighted by molar-refractivity contribution is 0.0305. The predicted octanol–water partition coefficient (Wildman–Crippen LogP) is 2.61. The molecule has 0 N–H and O–H groups in total. The van der Waals surface area contributed by atoms with Crippen molar-refractivity contribution in [3.05, 3.63) is 48.4 Å². The third kappa shape index (κ3) is 3.31. The fourth-order valence-corrected chi connectivity index (χ4v) is 5.69. The third-order valence-corrected chi connectivity index (χ3v) is 7.70. The average Bonchev–Trinajstić information content (AvgIpc) is 3.25. The summed E-state index contributed by atoms with van der Waals surface area (Å²) in [5.74, 6) is 0.345.